The number of benzene rings is 1. The molecule has 2 aromatic rings. The predicted octanol–water partition coefficient (Wildman–Crippen LogP) is 1.87. The first-order chi connectivity index (χ1) is 7.61. The summed E-state index contributed by atoms with van der Waals surface area (Å²) in [5, 5.41) is 0.561. The zero-order chi connectivity index (χ0) is 11.7. The van der Waals surface area contributed by atoms with Crippen molar-refractivity contribution in [3.8, 4) is 5.75 Å². The molecule has 1 aromatic carbocycles. The lowest BCUT2D eigenvalue weighted by Crippen LogP contribution is -2.12. The van der Waals surface area contributed by atoms with Crippen LogP contribution in [0.2, 0.25) is 0 Å². The molecule has 0 fully saturated rings. The Morgan fingerprint density at radius 3 is 2.62 bits per heavy atom. The molecule has 0 aliphatic rings. The van der Waals surface area contributed by atoms with Gasteiger partial charge in [0.25, 0.3) is 0 Å². The molecule has 1 aromatic heterocycles. The molecule has 0 radical (unpaired) electrons. The number of hydrogen-bond donors (Lipinski definition) is 0. The van der Waals surface area contributed by atoms with Gasteiger partial charge in [-0.1, -0.05) is 0 Å². The van der Waals surface area contributed by atoms with Crippen LogP contribution in [0.4, 0.5) is 5.88 Å². The first kappa shape index (κ1) is 10.5. The molecule has 0 spiro atoms. The molecule has 4 heteroatoms. The van der Waals surface area contributed by atoms with Crippen molar-refractivity contribution < 1.29 is 9.15 Å². The van der Waals surface area contributed by atoms with E-state index >= 15 is 0 Å². The second kappa shape index (κ2) is 3.89. The van der Waals surface area contributed by atoms with Crippen molar-refractivity contribution in [2.45, 2.75) is 0 Å². The van der Waals surface area contributed by atoms with Gasteiger partial charge in [-0.15, -0.1) is 0 Å². The summed E-state index contributed by atoms with van der Waals surface area (Å²) in [7, 11) is 5.23. The normalized spacial score (nSPS) is 10.4. The summed E-state index contributed by atoms with van der Waals surface area (Å²) in [6, 6.07) is 6.65. The Balaban J connectivity index is 2.73. The Labute approximate surface area is 93.0 Å². The van der Waals surface area contributed by atoms with Gasteiger partial charge in [0.1, 0.15) is 11.3 Å². The number of ether oxygens (including phenoxy) is 1. The summed E-state index contributed by atoms with van der Waals surface area (Å²) in [6.07, 6.45) is 0. The average Bonchev–Trinajstić information content (AvgIpc) is 2.28. The molecule has 1 heterocycles. The van der Waals surface area contributed by atoms with Gasteiger partial charge in [-0.05, 0) is 12.1 Å². The third kappa shape index (κ3) is 1.74. The fourth-order valence-electron chi connectivity index (χ4n) is 1.47. The maximum absolute atomic E-state index is 11.8. The molecular weight excluding hydrogens is 206 g/mol. The number of hydrogen-bond acceptors (Lipinski definition) is 4. The van der Waals surface area contributed by atoms with E-state index in [0.29, 0.717) is 22.6 Å². The van der Waals surface area contributed by atoms with Crippen LogP contribution in [0, 0.1) is 0 Å². The highest BCUT2D eigenvalue weighted by molar-refractivity contribution is 5.79. The number of fused-ring (bicyclic) bond motifs is 1. The number of methoxy groups -OCH3 is 1. The van der Waals surface area contributed by atoms with E-state index in [1.165, 1.54) is 6.07 Å². The molecule has 0 atom stereocenters. The second-order valence-corrected chi connectivity index (χ2v) is 3.71. The molecule has 0 aliphatic carbocycles. The van der Waals surface area contributed by atoms with Crippen molar-refractivity contribution in [1.29, 1.82) is 0 Å². The highest BCUT2D eigenvalue weighted by Gasteiger charge is 2.06. The average molecular weight is 219 g/mol. The summed E-state index contributed by atoms with van der Waals surface area (Å²) in [6.45, 7) is 0. The highest BCUT2D eigenvalue weighted by atomic mass is 16.5. The van der Waals surface area contributed by atoms with E-state index < -0.39 is 0 Å². The van der Waals surface area contributed by atoms with Crippen LogP contribution in [0.25, 0.3) is 11.0 Å². The fourth-order valence-corrected chi connectivity index (χ4v) is 1.47. The van der Waals surface area contributed by atoms with Crippen molar-refractivity contribution in [2.75, 3.05) is 26.1 Å². The largest absolute Gasteiger partial charge is 0.497 e. The minimum absolute atomic E-state index is 0.0485. The topological polar surface area (TPSA) is 42.7 Å². The van der Waals surface area contributed by atoms with Crippen LogP contribution >= 0.6 is 0 Å². The van der Waals surface area contributed by atoms with Gasteiger partial charge in [-0.25, -0.2) is 0 Å². The standard InChI is InChI=1S/C12H13NO3/c1-13(2)12-7-10(14)9-5-4-8(15-3)6-11(9)16-12/h4-7H,1-3H3. The van der Waals surface area contributed by atoms with Crippen LogP contribution in [0.3, 0.4) is 0 Å². The first-order valence-electron chi connectivity index (χ1n) is 4.91. The van der Waals surface area contributed by atoms with Crippen molar-refractivity contribution in [3.63, 3.8) is 0 Å². The quantitative estimate of drug-likeness (QED) is 0.773. The van der Waals surface area contributed by atoms with Gasteiger partial charge in [-0.2, -0.15) is 0 Å². The number of rotatable bonds is 2. The molecule has 0 saturated heterocycles. The van der Waals surface area contributed by atoms with E-state index in [-0.39, 0.29) is 5.43 Å². The van der Waals surface area contributed by atoms with Crippen LogP contribution < -0.4 is 15.1 Å². The van der Waals surface area contributed by atoms with Gasteiger partial charge in [0.05, 0.1) is 12.5 Å². The van der Waals surface area contributed by atoms with Crippen LogP contribution in [-0.4, -0.2) is 21.2 Å². The van der Waals surface area contributed by atoms with Crippen molar-refractivity contribution in [2.24, 2.45) is 0 Å². The maximum atomic E-state index is 11.8. The van der Waals surface area contributed by atoms with E-state index in [9.17, 15) is 4.79 Å². The lowest BCUT2D eigenvalue weighted by molar-refractivity contribution is 0.414. The van der Waals surface area contributed by atoms with Gasteiger partial charge >= 0.3 is 0 Å². The van der Waals surface area contributed by atoms with Gasteiger partial charge in [0.15, 0.2) is 11.3 Å². The second-order valence-electron chi connectivity index (χ2n) is 3.71. The summed E-state index contributed by atoms with van der Waals surface area (Å²) >= 11 is 0. The Bertz CT molecular complexity index is 572. The molecule has 0 amide bonds. The van der Waals surface area contributed by atoms with Crippen LogP contribution in [0.15, 0.2) is 33.5 Å². The Hall–Kier alpha value is -1.97. The van der Waals surface area contributed by atoms with Crippen molar-refractivity contribution in [1.82, 2.24) is 0 Å². The number of anilines is 1. The Morgan fingerprint density at radius 1 is 1.25 bits per heavy atom. The maximum Gasteiger partial charge on any atom is 0.199 e. The Kier molecular flexibility index (Phi) is 2.56. The molecule has 16 heavy (non-hydrogen) atoms. The SMILES string of the molecule is COc1ccc2c(=O)cc(N(C)C)oc2c1. The van der Waals surface area contributed by atoms with Gasteiger partial charge < -0.3 is 14.1 Å². The summed E-state index contributed by atoms with van der Waals surface area (Å²) in [4.78, 5) is 13.5. The molecule has 0 aliphatic heterocycles. The van der Waals surface area contributed by atoms with E-state index in [4.69, 9.17) is 9.15 Å². The lowest BCUT2D eigenvalue weighted by atomic mass is 10.2. The third-order valence-electron chi connectivity index (χ3n) is 2.36. The summed E-state index contributed by atoms with van der Waals surface area (Å²) in [5.41, 5.74) is 0.489. The molecule has 84 valence electrons. The summed E-state index contributed by atoms with van der Waals surface area (Å²) in [5.74, 6) is 1.21. The highest BCUT2D eigenvalue weighted by Crippen LogP contribution is 2.21. The van der Waals surface area contributed by atoms with Crippen LogP contribution in [0.5, 0.6) is 5.75 Å². The fraction of sp³-hybridized carbons (Fsp3) is 0.250. The van der Waals surface area contributed by atoms with E-state index in [0.717, 1.165) is 0 Å². The third-order valence-corrected chi connectivity index (χ3v) is 2.36. The molecule has 0 N–H and O–H groups in total. The molecular formula is C12H13NO3. The van der Waals surface area contributed by atoms with Crippen LogP contribution in [-0.2, 0) is 0 Å². The van der Waals surface area contributed by atoms with Crippen LogP contribution in [0.1, 0.15) is 0 Å². The molecule has 2 rings (SSSR count). The molecule has 0 unspecified atom stereocenters. The molecule has 0 saturated carbocycles. The minimum Gasteiger partial charge on any atom is -0.497 e. The molecule has 0 bridgehead atoms. The van der Waals surface area contributed by atoms with E-state index in [1.807, 2.05) is 14.1 Å². The minimum atomic E-state index is -0.0485. The zero-order valence-electron chi connectivity index (χ0n) is 9.48. The van der Waals surface area contributed by atoms with Gasteiger partial charge in [0, 0.05) is 26.2 Å². The first-order valence-corrected chi connectivity index (χ1v) is 4.91. The van der Waals surface area contributed by atoms with Gasteiger partial charge in [0.2, 0.25) is 0 Å². The summed E-state index contributed by atoms with van der Waals surface area (Å²) < 4.78 is 10.7. The molecule has 4 nitrogen and oxygen atoms in total. The van der Waals surface area contributed by atoms with E-state index in [1.54, 1.807) is 30.2 Å². The number of nitrogens with zero attached hydrogens (tertiary/aromatic N) is 1. The predicted molar refractivity (Wildman–Crippen MR) is 63.4 cm³/mol. The lowest BCUT2D eigenvalue weighted by Gasteiger charge is -2.11. The monoisotopic (exact) mass is 219 g/mol. The zero-order valence-corrected chi connectivity index (χ0v) is 9.48. The van der Waals surface area contributed by atoms with E-state index in [2.05, 4.69) is 0 Å². The van der Waals surface area contributed by atoms with Gasteiger partial charge in [-0.3, -0.25) is 4.79 Å². The smallest absolute Gasteiger partial charge is 0.199 e. The van der Waals surface area contributed by atoms with Crippen molar-refractivity contribution in [3.05, 3.63) is 34.5 Å². The Morgan fingerprint density at radius 2 is 2.00 bits per heavy atom. The van der Waals surface area contributed by atoms with Crippen molar-refractivity contribution >= 4 is 16.9 Å².